The maximum Gasteiger partial charge on any atom is 0.246 e. The second kappa shape index (κ2) is 8.65. The van der Waals surface area contributed by atoms with E-state index in [-0.39, 0.29) is 12.5 Å². The number of tetrazole rings is 1. The molecule has 0 radical (unpaired) electrons. The van der Waals surface area contributed by atoms with Gasteiger partial charge in [-0.1, -0.05) is 46.3 Å². The molecule has 1 aliphatic heterocycles. The number of amides is 1. The molecule has 1 fully saturated rings. The minimum absolute atomic E-state index is 0.0536. The summed E-state index contributed by atoms with van der Waals surface area (Å²) in [5.41, 5.74) is 2.25. The quantitative estimate of drug-likeness (QED) is 0.609. The molecule has 2 aromatic carbocycles. The van der Waals surface area contributed by atoms with Gasteiger partial charge < -0.3 is 4.90 Å². The number of halogens is 1. The molecule has 1 saturated heterocycles. The van der Waals surface area contributed by atoms with Gasteiger partial charge in [0.1, 0.15) is 6.54 Å². The van der Waals surface area contributed by atoms with Gasteiger partial charge >= 0.3 is 0 Å². The first-order chi connectivity index (χ1) is 13.7. The van der Waals surface area contributed by atoms with Crippen LogP contribution in [-0.2, 0) is 17.8 Å². The molecule has 1 amide bonds. The Morgan fingerprint density at radius 2 is 1.75 bits per heavy atom. The van der Waals surface area contributed by atoms with Crippen molar-refractivity contribution in [3.8, 4) is 11.4 Å². The molecule has 0 unspecified atom stereocenters. The van der Waals surface area contributed by atoms with Crippen LogP contribution < -0.4 is 0 Å². The number of hydrogen-bond acceptors (Lipinski definition) is 4. The van der Waals surface area contributed by atoms with E-state index in [1.807, 2.05) is 35.2 Å². The van der Waals surface area contributed by atoms with E-state index in [1.54, 1.807) is 0 Å². The molecule has 0 atom stereocenters. The van der Waals surface area contributed by atoms with Crippen molar-refractivity contribution in [1.82, 2.24) is 25.1 Å². The first-order valence-corrected chi connectivity index (χ1v) is 10.3. The molecule has 0 bridgehead atoms. The lowest BCUT2D eigenvalue weighted by Gasteiger charge is -2.32. The smallest absolute Gasteiger partial charge is 0.246 e. The summed E-state index contributed by atoms with van der Waals surface area (Å²) in [6, 6.07) is 18.3. The van der Waals surface area contributed by atoms with Crippen molar-refractivity contribution in [3.05, 3.63) is 64.6 Å². The zero-order chi connectivity index (χ0) is 19.3. The number of aromatic nitrogens is 4. The number of carbonyl (C=O) groups excluding carboxylic acids is 1. The van der Waals surface area contributed by atoms with Crippen LogP contribution >= 0.6 is 15.9 Å². The van der Waals surface area contributed by atoms with Crippen molar-refractivity contribution >= 4 is 21.8 Å². The lowest BCUT2D eigenvalue weighted by atomic mass is 9.90. The molecule has 0 N–H and O–H groups in total. The average Bonchev–Trinajstić information content (AvgIpc) is 3.18. The van der Waals surface area contributed by atoms with Crippen LogP contribution in [0.4, 0.5) is 0 Å². The van der Waals surface area contributed by atoms with Gasteiger partial charge in [-0.2, -0.15) is 4.80 Å². The Hall–Kier alpha value is -2.54. The number of likely N-dealkylation sites (tertiary alicyclic amines) is 1. The summed E-state index contributed by atoms with van der Waals surface area (Å²) in [6.45, 7) is 1.72. The lowest BCUT2D eigenvalue weighted by Crippen LogP contribution is -2.40. The lowest BCUT2D eigenvalue weighted by molar-refractivity contribution is -0.133. The molecule has 2 heterocycles. The molecular formula is C21H22BrN5O. The molecular weight excluding hydrogens is 418 g/mol. The van der Waals surface area contributed by atoms with Crippen molar-refractivity contribution in [1.29, 1.82) is 0 Å². The summed E-state index contributed by atoms with van der Waals surface area (Å²) < 4.78 is 0.995. The number of rotatable bonds is 5. The third-order valence-electron chi connectivity index (χ3n) is 5.17. The van der Waals surface area contributed by atoms with Crippen molar-refractivity contribution in [3.63, 3.8) is 0 Å². The first-order valence-electron chi connectivity index (χ1n) is 9.53. The Balaban J connectivity index is 1.29. The van der Waals surface area contributed by atoms with Crippen LogP contribution in [0.1, 0.15) is 18.4 Å². The zero-order valence-electron chi connectivity index (χ0n) is 15.5. The SMILES string of the molecule is O=C(Cn1nnc(-c2ccc(Br)cc2)n1)N1CCC(Cc2ccccc2)CC1. The summed E-state index contributed by atoms with van der Waals surface area (Å²) in [5.74, 6) is 1.22. The van der Waals surface area contributed by atoms with E-state index in [0.717, 1.165) is 42.4 Å². The molecule has 144 valence electrons. The Labute approximate surface area is 172 Å². The van der Waals surface area contributed by atoms with Gasteiger partial charge in [0.05, 0.1) is 0 Å². The van der Waals surface area contributed by atoms with Gasteiger partial charge in [-0.25, -0.2) is 0 Å². The van der Waals surface area contributed by atoms with Crippen molar-refractivity contribution in [2.75, 3.05) is 13.1 Å². The average molecular weight is 440 g/mol. The summed E-state index contributed by atoms with van der Waals surface area (Å²) in [6.07, 6.45) is 3.16. The second-order valence-corrected chi connectivity index (χ2v) is 8.08. The van der Waals surface area contributed by atoms with Crippen LogP contribution in [0.15, 0.2) is 59.1 Å². The van der Waals surface area contributed by atoms with Crippen molar-refractivity contribution in [2.24, 2.45) is 5.92 Å². The predicted octanol–water partition coefficient (Wildman–Crippen LogP) is 3.58. The van der Waals surface area contributed by atoms with E-state index in [9.17, 15) is 4.79 Å². The molecule has 3 aromatic rings. The Bertz CT molecular complexity index is 917. The molecule has 6 nitrogen and oxygen atoms in total. The summed E-state index contributed by atoms with van der Waals surface area (Å²) in [7, 11) is 0. The Kier molecular flexibility index (Phi) is 5.81. The first kappa shape index (κ1) is 18.8. The van der Waals surface area contributed by atoms with E-state index < -0.39 is 0 Å². The third kappa shape index (κ3) is 4.65. The van der Waals surface area contributed by atoms with Crippen LogP contribution in [0.2, 0.25) is 0 Å². The number of benzene rings is 2. The van der Waals surface area contributed by atoms with Gasteiger partial charge in [-0.3, -0.25) is 4.79 Å². The molecule has 1 aromatic heterocycles. The molecule has 4 rings (SSSR count). The topological polar surface area (TPSA) is 63.9 Å². The number of piperidine rings is 1. The maximum absolute atomic E-state index is 12.6. The van der Waals surface area contributed by atoms with E-state index >= 15 is 0 Å². The van der Waals surface area contributed by atoms with Gasteiger partial charge in [-0.15, -0.1) is 10.2 Å². The standard InChI is InChI=1S/C21H22BrN5O/c22-19-8-6-18(7-9-19)21-23-25-27(24-21)15-20(28)26-12-10-17(11-13-26)14-16-4-2-1-3-5-16/h1-9,17H,10-15H2. The highest BCUT2D eigenvalue weighted by Crippen LogP contribution is 2.22. The maximum atomic E-state index is 12.6. The summed E-state index contributed by atoms with van der Waals surface area (Å²) in [5, 5.41) is 12.5. The van der Waals surface area contributed by atoms with Gasteiger partial charge in [0, 0.05) is 23.1 Å². The fourth-order valence-electron chi connectivity index (χ4n) is 3.58. The highest BCUT2D eigenvalue weighted by atomic mass is 79.9. The zero-order valence-corrected chi connectivity index (χ0v) is 17.1. The van der Waals surface area contributed by atoms with E-state index in [4.69, 9.17) is 0 Å². The Morgan fingerprint density at radius 3 is 2.46 bits per heavy atom. The summed E-state index contributed by atoms with van der Waals surface area (Å²) in [4.78, 5) is 15.9. The fourth-order valence-corrected chi connectivity index (χ4v) is 3.84. The van der Waals surface area contributed by atoms with Crippen LogP contribution in [0, 0.1) is 5.92 Å². The largest absolute Gasteiger partial charge is 0.341 e. The highest BCUT2D eigenvalue weighted by Gasteiger charge is 2.23. The van der Waals surface area contributed by atoms with E-state index in [2.05, 4.69) is 55.6 Å². The normalized spacial score (nSPS) is 15.0. The third-order valence-corrected chi connectivity index (χ3v) is 5.70. The number of carbonyl (C=O) groups is 1. The Morgan fingerprint density at radius 1 is 1.04 bits per heavy atom. The summed E-state index contributed by atoms with van der Waals surface area (Å²) >= 11 is 3.41. The van der Waals surface area contributed by atoms with E-state index in [1.165, 1.54) is 10.4 Å². The predicted molar refractivity (Wildman–Crippen MR) is 110 cm³/mol. The van der Waals surface area contributed by atoms with Crippen LogP contribution in [0.3, 0.4) is 0 Å². The van der Waals surface area contributed by atoms with Gasteiger partial charge in [0.25, 0.3) is 0 Å². The van der Waals surface area contributed by atoms with Crippen LogP contribution in [0.25, 0.3) is 11.4 Å². The molecule has 7 heteroatoms. The molecule has 0 saturated carbocycles. The minimum Gasteiger partial charge on any atom is -0.341 e. The highest BCUT2D eigenvalue weighted by molar-refractivity contribution is 9.10. The monoisotopic (exact) mass is 439 g/mol. The van der Waals surface area contributed by atoms with Gasteiger partial charge in [0.15, 0.2) is 0 Å². The van der Waals surface area contributed by atoms with E-state index in [0.29, 0.717) is 11.7 Å². The number of hydrogen-bond donors (Lipinski definition) is 0. The molecule has 1 aliphatic rings. The van der Waals surface area contributed by atoms with Crippen molar-refractivity contribution < 1.29 is 4.79 Å². The number of nitrogens with zero attached hydrogens (tertiary/aromatic N) is 5. The van der Waals surface area contributed by atoms with Crippen LogP contribution in [-0.4, -0.2) is 44.1 Å². The fraction of sp³-hybridized carbons (Fsp3) is 0.333. The second-order valence-electron chi connectivity index (χ2n) is 7.16. The van der Waals surface area contributed by atoms with Crippen molar-refractivity contribution in [2.45, 2.75) is 25.8 Å². The van der Waals surface area contributed by atoms with Crippen LogP contribution in [0.5, 0.6) is 0 Å². The van der Waals surface area contributed by atoms with Gasteiger partial charge in [-0.05, 0) is 60.2 Å². The molecule has 0 aliphatic carbocycles. The van der Waals surface area contributed by atoms with Gasteiger partial charge in [0.2, 0.25) is 11.7 Å². The molecule has 28 heavy (non-hydrogen) atoms. The minimum atomic E-state index is 0.0536. The molecule has 0 spiro atoms.